The SMILES string of the molecule is CC[O-].CC[O-].[C-]1=CC=CC1.[Hf].c1ccc([CH-]c2ccccc2)cc1.c1ccc2c(c1)[cH-]c1ccccc12. The fourth-order valence-electron chi connectivity index (χ4n) is 3.54. The van der Waals surface area contributed by atoms with Crippen molar-refractivity contribution < 1.29 is 36.1 Å². The van der Waals surface area contributed by atoms with Gasteiger partial charge in [0.05, 0.1) is 0 Å². The smallest absolute Gasteiger partial charge is 0 e. The fourth-order valence-corrected chi connectivity index (χ4v) is 3.54. The van der Waals surface area contributed by atoms with Crippen LogP contribution in [0.15, 0.2) is 133 Å². The van der Waals surface area contributed by atoms with Crippen LogP contribution in [0.1, 0.15) is 31.4 Å². The van der Waals surface area contributed by atoms with Crippen molar-refractivity contribution in [3.8, 4) is 0 Å². The Morgan fingerprint density at radius 3 is 1.39 bits per heavy atom. The maximum atomic E-state index is 8.93. The van der Waals surface area contributed by atoms with E-state index >= 15 is 0 Å². The molecule has 0 atom stereocenters. The predicted octanol–water partition coefficient (Wildman–Crippen LogP) is 7.04. The molecule has 0 fully saturated rings. The molecular formula is C35H35HfO2-5. The number of benzene rings is 4. The first-order chi connectivity index (χ1) is 18.2. The van der Waals surface area contributed by atoms with E-state index in [0.29, 0.717) is 0 Å². The van der Waals surface area contributed by atoms with Crippen molar-refractivity contribution in [2.75, 3.05) is 13.2 Å². The van der Waals surface area contributed by atoms with Crippen LogP contribution in [0.2, 0.25) is 0 Å². The summed E-state index contributed by atoms with van der Waals surface area (Å²) >= 11 is 0. The Morgan fingerprint density at radius 2 is 1.05 bits per heavy atom. The van der Waals surface area contributed by atoms with Gasteiger partial charge in [-0.25, -0.2) is 12.2 Å². The Morgan fingerprint density at radius 1 is 0.658 bits per heavy atom. The zero-order chi connectivity index (χ0) is 26.6. The standard InChI is InChI=1S/C13H9.C13H11.C5H5.2C2H5O.Hf/c1-3-7-12-10(5-1)9-11-6-2-4-8-13(11)12;1-3-7-12(8-4-1)11-13-9-5-2-6-10-13;1-2-4-5-3-1;2*1-2-3;/h1-9H;1-11H;1-3H,4H2;2*2H2,1H3;/q5*-1;. The van der Waals surface area contributed by atoms with Gasteiger partial charge in [-0.2, -0.15) is 6.08 Å². The molecular weight excluding hydrogens is 631 g/mol. The zero-order valence-electron chi connectivity index (χ0n) is 22.2. The molecule has 0 radical (unpaired) electrons. The van der Waals surface area contributed by atoms with Crippen LogP contribution in [-0.2, 0) is 25.8 Å². The minimum Gasteiger partial charge on any atom is -0.855 e. The summed E-state index contributed by atoms with van der Waals surface area (Å²) in [7, 11) is 0. The molecule has 1 aliphatic carbocycles. The van der Waals surface area contributed by atoms with Crippen molar-refractivity contribution in [2.45, 2.75) is 20.3 Å². The minimum absolute atomic E-state index is 0. The second kappa shape index (κ2) is 20.9. The van der Waals surface area contributed by atoms with E-state index in [-0.39, 0.29) is 39.1 Å². The third kappa shape index (κ3) is 12.4. The fraction of sp³-hybridized carbons (Fsp3) is 0.143. The largest absolute Gasteiger partial charge is 0.855 e. The van der Waals surface area contributed by atoms with Gasteiger partial charge in [0.15, 0.2) is 0 Å². The van der Waals surface area contributed by atoms with Gasteiger partial charge in [0, 0.05) is 25.8 Å². The van der Waals surface area contributed by atoms with Crippen LogP contribution in [0.3, 0.4) is 0 Å². The van der Waals surface area contributed by atoms with Crippen molar-refractivity contribution in [2.24, 2.45) is 0 Å². The molecule has 0 heterocycles. The number of rotatable bonds is 2. The van der Waals surface area contributed by atoms with Crippen LogP contribution in [0.4, 0.5) is 0 Å². The molecule has 0 spiro atoms. The number of hydrogen-bond donors (Lipinski definition) is 0. The molecule has 196 valence electrons. The van der Waals surface area contributed by atoms with Crippen molar-refractivity contribution in [3.63, 3.8) is 0 Å². The minimum atomic E-state index is 0. The van der Waals surface area contributed by atoms with Crippen LogP contribution in [0.25, 0.3) is 21.5 Å². The third-order valence-electron chi connectivity index (χ3n) is 5.04. The first kappa shape index (κ1) is 32.9. The summed E-state index contributed by atoms with van der Waals surface area (Å²) in [4.78, 5) is 0. The van der Waals surface area contributed by atoms with Gasteiger partial charge < -0.3 is 10.2 Å². The molecule has 0 aliphatic heterocycles. The van der Waals surface area contributed by atoms with Gasteiger partial charge in [-0.15, -0.1) is 101 Å². The number of hydrogen-bond acceptors (Lipinski definition) is 2. The number of allylic oxidation sites excluding steroid dienone is 4. The molecule has 1 aliphatic rings. The predicted molar refractivity (Wildman–Crippen MR) is 155 cm³/mol. The molecule has 3 heteroatoms. The molecule has 0 saturated carbocycles. The van der Waals surface area contributed by atoms with Crippen molar-refractivity contribution in [3.05, 3.63) is 157 Å². The van der Waals surface area contributed by atoms with Gasteiger partial charge in [-0.1, -0.05) is 86.6 Å². The summed E-state index contributed by atoms with van der Waals surface area (Å²) in [6.45, 7) is 3.14. The Bertz CT molecular complexity index is 1210. The summed E-state index contributed by atoms with van der Waals surface area (Å²) in [5, 5.41) is 23.3. The third-order valence-corrected chi connectivity index (χ3v) is 5.04. The molecule has 0 unspecified atom stereocenters. The van der Waals surface area contributed by atoms with Crippen LogP contribution in [0, 0.1) is 12.5 Å². The van der Waals surface area contributed by atoms with Gasteiger partial charge in [0.2, 0.25) is 0 Å². The molecule has 6 rings (SSSR count). The van der Waals surface area contributed by atoms with E-state index in [1.165, 1.54) is 32.7 Å². The monoisotopic (exact) mass is 667 g/mol. The molecule has 0 saturated heterocycles. The maximum absolute atomic E-state index is 8.93. The van der Waals surface area contributed by atoms with Crippen LogP contribution in [-0.4, -0.2) is 13.2 Å². The van der Waals surface area contributed by atoms with E-state index in [0.717, 1.165) is 6.42 Å². The molecule has 5 aromatic carbocycles. The second-order valence-electron chi connectivity index (χ2n) is 7.86. The molecule has 0 N–H and O–H groups in total. The van der Waals surface area contributed by atoms with E-state index in [9.17, 15) is 0 Å². The van der Waals surface area contributed by atoms with Crippen molar-refractivity contribution in [1.82, 2.24) is 0 Å². The Labute approximate surface area is 247 Å². The van der Waals surface area contributed by atoms with Gasteiger partial charge in [0.1, 0.15) is 0 Å². The summed E-state index contributed by atoms with van der Waals surface area (Å²) in [6, 6.07) is 40.0. The quantitative estimate of drug-likeness (QED) is 0.150. The van der Waals surface area contributed by atoms with Crippen LogP contribution >= 0.6 is 0 Å². The molecule has 0 aromatic heterocycles. The van der Waals surface area contributed by atoms with E-state index in [2.05, 4.69) is 122 Å². The zero-order valence-corrected chi connectivity index (χ0v) is 25.8. The molecule has 0 amide bonds. The molecule has 2 nitrogen and oxygen atoms in total. The Kier molecular flexibility index (Phi) is 18.1. The Hall–Kier alpha value is -3.11. The summed E-state index contributed by atoms with van der Waals surface area (Å²) < 4.78 is 0. The number of fused-ring (bicyclic) bond motifs is 3. The van der Waals surface area contributed by atoms with Crippen LogP contribution < -0.4 is 10.2 Å². The van der Waals surface area contributed by atoms with Gasteiger partial charge >= 0.3 is 0 Å². The average Bonchev–Trinajstić information content (AvgIpc) is 3.63. The van der Waals surface area contributed by atoms with Gasteiger partial charge in [0.25, 0.3) is 0 Å². The first-order valence-electron chi connectivity index (χ1n) is 12.6. The van der Waals surface area contributed by atoms with Crippen molar-refractivity contribution >= 4 is 21.5 Å². The van der Waals surface area contributed by atoms with E-state index in [1.54, 1.807) is 13.8 Å². The van der Waals surface area contributed by atoms with E-state index < -0.39 is 0 Å². The van der Waals surface area contributed by atoms with Crippen molar-refractivity contribution in [1.29, 1.82) is 0 Å². The van der Waals surface area contributed by atoms with Crippen LogP contribution in [0.5, 0.6) is 0 Å². The molecule has 38 heavy (non-hydrogen) atoms. The normalized spacial score (nSPS) is 10.3. The maximum Gasteiger partial charge on any atom is 0 e. The molecule has 5 aromatic rings. The van der Waals surface area contributed by atoms with Gasteiger partial charge in [-0.3, -0.25) is 6.08 Å². The Balaban J connectivity index is 0.000000271. The van der Waals surface area contributed by atoms with Gasteiger partial charge in [-0.05, 0) is 0 Å². The van der Waals surface area contributed by atoms with E-state index in [4.69, 9.17) is 10.2 Å². The second-order valence-corrected chi connectivity index (χ2v) is 7.86. The average molecular weight is 666 g/mol. The first-order valence-corrected chi connectivity index (χ1v) is 12.6. The summed E-state index contributed by atoms with van der Waals surface area (Å²) in [6.07, 6.45) is 12.2. The summed E-state index contributed by atoms with van der Waals surface area (Å²) in [5.74, 6) is 0. The van der Waals surface area contributed by atoms with E-state index in [1.807, 2.05) is 24.3 Å². The summed E-state index contributed by atoms with van der Waals surface area (Å²) in [5.41, 5.74) is 2.49. The topological polar surface area (TPSA) is 46.1 Å². The molecule has 0 bridgehead atoms.